The highest BCUT2D eigenvalue weighted by molar-refractivity contribution is 5.28. The Morgan fingerprint density at radius 3 is 2.61 bits per heavy atom. The fourth-order valence-corrected chi connectivity index (χ4v) is 1.55. The molecule has 18 heavy (non-hydrogen) atoms. The average Bonchev–Trinajstić information content (AvgIpc) is 2.46. The number of nitrogens with zero attached hydrogens (tertiary/aromatic N) is 1. The van der Waals surface area contributed by atoms with Crippen LogP contribution in [0.3, 0.4) is 0 Å². The van der Waals surface area contributed by atoms with E-state index < -0.39 is 0 Å². The summed E-state index contributed by atoms with van der Waals surface area (Å²) < 4.78 is 10.7. The Bertz CT molecular complexity index is 497. The minimum Gasteiger partial charge on any atom is -0.497 e. The molecule has 0 saturated carbocycles. The topological polar surface area (TPSA) is 51.6 Å². The molecule has 0 amide bonds. The maximum absolute atomic E-state index is 9.15. The largest absolute Gasteiger partial charge is 0.497 e. The van der Waals surface area contributed by atoms with Crippen molar-refractivity contribution in [3.63, 3.8) is 0 Å². The van der Waals surface area contributed by atoms with E-state index in [0.29, 0.717) is 18.1 Å². The van der Waals surface area contributed by atoms with E-state index in [2.05, 4.69) is 4.98 Å². The van der Waals surface area contributed by atoms with Crippen molar-refractivity contribution in [2.24, 2.45) is 0 Å². The van der Waals surface area contributed by atoms with Gasteiger partial charge < -0.3 is 14.6 Å². The summed E-state index contributed by atoms with van der Waals surface area (Å²) in [6, 6.07) is 11.2. The van der Waals surface area contributed by atoms with E-state index in [0.717, 1.165) is 11.3 Å². The summed E-state index contributed by atoms with van der Waals surface area (Å²) in [6.45, 7) is 0.333. The van der Waals surface area contributed by atoms with Gasteiger partial charge in [-0.15, -0.1) is 0 Å². The molecule has 0 aliphatic heterocycles. The van der Waals surface area contributed by atoms with Gasteiger partial charge in [0.2, 0.25) is 5.88 Å². The lowest BCUT2D eigenvalue weighted by Crippen LogP contribution is -2.00. The molecular formula is C14H15NO3. The number of aliphatic hydroxyl groups excluding tert-OH is 1. The van der Waals surface area contributed by atoms with E-state index in [1.54, 1.807) is 25.4 Å². The van der Waals surface area contributed by atoms with Crippen molar-refractivity contribution in [2.45, 2.75) is 13.2 Å². The van der Waals surface area contributed by atoms with Crippen molar-refractivity contribution >= 4 is 0 Å². The third-order valence-corrected chi connectivity index (χ3v) is 2.55. The molecule has 0 atom stereocenters. The molecule has 94 valence electrons. The highest BCUT2D eigenvalue weighted by Crippen LogP contribution is 2.17. The molecule has 1 N–H and O–H groups in total. The highest BCUT2D eigenvalue weighted by Gasteiger charge is 2.03. The molecule has 0 radical (unpaired) electrons. The Kier molecular flexibility index (Phi) is 4.15. The molecule has 1 aromatic heterocycles. The van der Waals surface area contributed by atoms with Crippen LogP contribution in [-0.2, 0) is 13.2 Å². The third-order valence-electron chi connectivity index (χ3n) is 2.55. The van der Waals surface area contributed by atoms with Gasteiger partial charge in [-0.25, -0.2) is 4.98 Å². The van der Waals surface area contributed by atoms with Gasteiger partial charge in [-0.05, 0) is 29.8 Å². The van der Waals surface area contributed by atoms with Crippen molar-refractivity contribution in [1.82, 2.24) is 4.98 Å². The molecule has 0 bridgehead atoms. The van der Waals surface area contributed by atoms with E-state index >= 15 is 0 Å². The molecule has 0 spiro atoms. The number of aromatic nitrogens is 1. The Balaban J connectivity index is 2.02. The minimum atomic E-state index is -0.0776. The molecule has 0 unspecified atom stereocenters. The Morgan fingerprint density at radius 2 is 1.94 bits per heavy atom. The average molecular weight is 245 g/mol. The number of hydrogen-bond donors (Lipinski definition) is 1. The zero-order valence-electron chi connectivity index (χ0n) is 10.2. The lowest BCUT2D eigenvalue weighted by atomic mass is 10.2. The first kappa shape index (κ1) is 12.4. The Labute approximate surface area is 106 Å². The molecule has 2 rings (SSSR count). The van der Waals surface area contributed by atoms with Crippen molar-refractivity contribution in [3.05, 3.63) is 53.7 Å². The molecule has 4 nitrogen and oxygen atoms in total. The predicted octanol–water partition coefficient (Wildman–Crippen LogP) is 2.16. The van der Waals surface area contributed by atoms with Gasteiger partial charge in [-0.2, -0.15) is 0 Å². The molecule has 2 aromatic rings. The fraction of sp³-hybridized carbons (Fsp3) is 0.214. The molecular weight excluding hydrogens is 230 g/mol. The summed E-state index contributed by atoms with van der Waals surface area (Å²) in [6.07, 6.45) is 1.64. The molecule has 0 fully saturated rings. The van der Waals surface area contributed by atoms with Crippen molar-refractivity contribution < 1.29 is 14.6 Å². The van der Waals surface area contributed by atoms with Gasteiger partial charge in [0.1, 0.15) is 12.4 Å². The summed E-state index contributed by atoms with van der Waals surface area (Å²) in [7, 11) is 1.63. The van der Waals surface area contributed by atoms with Crippen molar-refractivity contribution in [3.8, 4) is 11.6 Å². The summed E-state index contributed by atoms with van der Waals surface area (Å²) in [4.78, 5) is 4.09. The number of aliphatic hydroxyl groups is 1. The molecule has 0 aliphatic rings. The van der Waals surface area contributed by atoms with Crippen LogP contribution in [0, 0.1) is 0 Å². The van der Waals surface area contributed by atoms with Gasteiger partial charge in [0.05, 0.1) is 13.7 Å². The summed E-state index contributed by atoms with van der Waals surface area (Å²) in [5, 5.41) is 9.15. The van der Waals surface area contributed by atoms with E-state index in [-0.39, 0.29) is 6.61 Å². The zero-order chi connectivity index (χ0) is 12.8. The monoisotopic (exact) mass is 245 g/mol. The maximum atomic E-state index is 9.15. The SMILES string of the molecule is COc1ccc(COc2ncccc2CO)cc1. The van der Waals surface area contributed by atoms with E-state index in [9.17, 15) is 0 Å². The van der Waals surface area contributed by atoms with Crippen LogP contribution in [0.4, 0.5) is 0 Å². The number of ether oxygens (including phenoxy) is 2. The quantitative estimate of drug-likeness (QED) is 0.877. The maximum Gasteiger partial charge on any atom is 0.219 e. The molecule has 1 aromatic carbocycles. The van der Waals surface area contributed by atoms with Gasteiger partial charge in [0.15, 0.2) is 0 Å². The number of rotatable bonds is 5. The zero-order valence-corrected chi connectivity index (χ0v) is 10.2. The van der Waals surface area contributed by atoms with Crippen molar-refractivity contribution in [1.29, 1.82) is 0 Å². The summed E-state index contributed by atoms with van der Waals surface area (Å²) >= 11 is 0. The molecule has 0 saturated heterocycles. The van der Waals surface area contributed by atoms with Crippen LogP contribution >= 0.6 is 0 Å². The normalized spacial score (nSPS) is 10.1. The van der Waals surface area contributed by atoms with Crippen LogP contribution < -0.4 is 9.47 Å². The van der Waals surface area contributed by atoms with E-state index in [4.69, 9.17) is 14.6 Å². The number of hydrogen-bond acceptors (Lipinski definition) is 4. The lowest BCUT2D eigenvalue weighted by Gasteiger charge is -2.08. The van der Waals surface area contributed by atoms with Crippen LogP contribution in [0.1, 0.15) is 11.1 Å². The standard InChI is InChI=1S/C14H15NO3/c1-17-13-6-4-11(5-7-13)10-18-14-12(9-16)3-2-8-15-14/h2-8,16H,9-10H2,1H3. The molecule has 0 aliphatic carbocycles. The second kappa shape index (κ2) is 6.02. The van der Waals surface area contributed by atoms with Crippen LogP contribution in [0.2, 0.25) is 0 Å². The van der Waals surface area contributed by atoms with Crippen LogP contribution in [-0.4, -0.2) is 17.2 Å². The first-order valence-corrected chi connectivity index (χ1v) is 5.64. The van der Waals surface area contributed by atoms with Gasteiger partial charge in [-0.3, -0.25) is 0 Å². The van der Waals surface area contributed by atoms with E-state index in [1.165, 1.54) is 0 Å². The second-order valence-corrected chi connectivity index (χ2v) is 3.76. The number of benzene rings is 1. The van der Waals surface area contributed by atoms with Crippen LogP contribution in [0.5, 0.6) is 11.6 Å². The first-order valence-electron chi connectivity index (χ1n) is 5.64. The molecule has 4 heteroatoms. The first-order chi connectivity index (χ1) is 8.83. The van der Waals surface area contributed by atoms with Crippen molar-refractivity contribution in [2.75, 3.05) is 7.11 Å². The minimum absolute atomic E-state index is 0.0776. The van der Waals surface area contributed by atoms with Crippen LogP contribution in [0.15, 0.2) is 42.6 Å². The van der Waals surface area contributed by atoms with Crippen LogP contribution in [0.25, 0.3) is 0 Å². The van der Waals surface area contributed by atoms with Gasteiger partial charge in [0, 0.05) is 11.8 Å². The lowest BCUT2D eigenvalue weighted by molar-refractivity contribution is 0.252. The van der Waals surface area contributed by atoms with E-state index in [1.807, 2.05) is 24.3 Å². The van der Waals surface area contributed by atoms with Gasteiger partial charge in [0.25, 0.3) is 0 Å². The summed E-state index contributed by atoms with van der Waals surface area (Å²) in [5.41, 5.74) is 1.70. The number of pyridine rings is 1. The summed E-state index contributed by atoms with van der Waals surface area (Å²) in [5.74, 6) is 1.28. The van der Waals surface area contributed by atoms with Gasteiger partial charge >= 0.3 is 0 Å². The van der Waals surface area contributed by atoms with Gasteiger partial charge in [-0.1, -0.05) is 12.1 Å². The highest BCUT2D eigenvalue weighted by atomic mass is 16.5. The number of methoxy groups -OCH3 is 1. The smallest absolute Gasteiger partial charge is 0.219 e. The fourth-order valence-electron chi connectivity index (χ4n) is 1.55. The Hall–Kier alpha value is -2.07. The molecule has 1 heterocycles. The predicted molar refractivity (Wildman–Crippen MR) is 67.5 cm³/mol. The Morgan fingerprint density at radius 1 is 1.17 bits per heavy atom. The second-order valence-electron chi connectivity index (χ2n) is 3.76. The third kappa shape index (κ3) is 2.99.